The van der Waals surface area contributed by atoms with Crippen molar-refractivity contribution in [3.05, 3.63) is 29.3 Å². The summed E-state index contributed by atoms with van der Waals surface area (Å²) in [4.78, 5) is 18.8. The lowest BCUT2D eigenvalue weighted by Gasteiger charge is -2.31. The van der Waals surface area contributed by atoms with Gasteiger partial charge < -0.3 is 10.5 Å². The molecule has 0 radical (unpaired) electrons. The summed E-state index contributed by atoms with van der Waals surface area (Å²) in [5, 5.41) is 0.603. The molecule has 24 heavy (non-hydrogen) atoms. The fraction of sp³-hybridized carbons (Fsp3) is 0.556. The SMILES string of the molecule is CN1C(=O)C(COc2cccc(Cl)c2)(CC2CCCCC2)N=C1N. The number of amides is 1. The zero-order valence-corrected chi connectivity index (χ0v) is 14.8. The van der Waals surface area contributed by atoms with Crippen LogP contribution in [0.2, 0.25) is 5.02 Å². The van der Waals surface area contributed by atoms with Crippen molar-refractivity contribution in [2.75, 3.05) is 13.7 Å². The minimum absolute atomic E-state index is 0.0763. The number of ether oxygens (including phenoxy) is 1. The molecule has 1 unspecified atom stereocenters. The molecule has 1 aromatic carbocycles. The lowest BCUT2D eigenvalue weighted by molar-refractivity contribution is -0.132. The molecule has 1 aliphatic heterocycles. The molecule has 1 saturated carbocycles. The minimum Gasteiger partial charge on any atom is -0.490 e. The maximum Gasteiger partial charge on any atom is 0.260 e. The Kier molecular flexibility index (Phi) is 4.99. The number of hydrogen-bond donors (Lipinski definition) is 1. The van der Waals surface area contributed by atoms with E-state index in [0.717, 1.165) is 12.8 Å². The van der Waals surface area contributed by atoms with Crippen LogP contribution in [0.1, 0.15) is 38.5 Å². The summed E-state index contributed by atoms with van der Waals surface area (Å²) >= 11 is 6.00. The Labute approximate surface area is 147 Å². The van der Waals surface area contributed by atoms with Gasteiger partial charge in [-0.25, -0.2) is 4.99 Å². The second-order valence-corrected chi connectivity index (χ2v) is 7.26. The van der Waals surface area contributed by atoms with Gasteiger partial charge in [-0.2, -0.15) is 0 Å². The van der Waals surface area contributed by atoms with Crippen molar-refractivity contribution >= 4 is 23.5 Å². The number of carbonyl (C=O) groups excluding carboxylic acids is 1. The van der Waals surface area contributed by atoms with Crippen molar-refractivity contribution in [2.24, 2.45) is 16.6 Å². The maximum atomic E-state index is 12.8. The van der Waals surface area contributed by atoms with Crippen LogP contribution in [0.15, 0.2) is 29.3 Å². The van der Waals surface area contributed by atoms with Gasteiger partial charge in [-0.1, -0.05) is 49.8 Å². The van der Waals surface area contributed by atoms with E-state index < -0.39 is 5.54 Å². The highest BCUT2D eigenvalue weighted by Gasteiger charge is 2.48. The average Bonchev–Trinajstić information content (AvgIpc) is 2.78. The van der Waals surface area contributed by atoms with Crippen LogP contribution in [0.3, 0.4) is 0 Å². The van der Waals surface area contributed by atoms with E-state index in [4.69, 9.17) is 22.1 Å². The molecule has 2 N–H and O–H groups in total. The molecule has 0 bridgehead atoms. The lowest BCUT2D eigenvalue weighted by Crippen LogP contribution is -2.47. The zero-order chi connectivity index (χ0) is 17.2. The highest BCUT2D eigenvalue weighted by molar-refractivity contribution is 6.30. The number of likely N-dealkylation sites (N-methyl/N-ethyl adjacent to an activating group) is 1. The largest absolute Gasteiger partial charge is 0.490 e. The van der Waals surface area contributed by atoms with Crippen LogP contribution in [0, 0.1) is 5.92 Å². The van der Waals surface area contributed by atoms with Crippen molar-refractivity contribution in [3.8, 4) is 5.75 Å². The molecule has 0 aromatic heterocycles. The summed E-state index contributed by atoms with van der Waals surface area (Å²) in [6.07, 6.45) is 6.70. The second kappa shape index (κ2) is 7.01. The number of nitrogens with two attached hydrogens (primary N) is 1. The van der Waals surface area contributed by atoms with Crippen LogP contribution in [-0.2, 0) is 4.79 Å². The van der Waals surface area contributed by atoms with Crippen molar-refractivity contribution in [2.45, 2.75) is 44.1 Å². The van der Waals surface area contributed by atoms with E-state index >= 15 is 0 Å². The van der Waals surface area contributed by atoms with Crippen LogP contribution in [0.5, 0.6) is 5.75 Å². The Morgan fingerprint density at radius 3 is 2.75 bits per heavy atom. The third kappa shape index (κ3) is 3.51. The van der Waals surface area contributed by atoms with Crippen LogP contribution in [0.4, 0.5) is 0 Å². The number of nitrogens with zero attached hydrogens (tertiary/aromatic N) is 2. The highest BCUT2D eigenvalue weighted by atomic mass is 35.5. The monoisotopic (exact) mass is 349 g/mol. The van der Waals surface area contributed by atoms with Crippen LogP contribution in [-0.4, -0.2) is 36.0 Å². The first-order chi connectivity index (χ1) is 11.5. The molecule has 5 nitrogen and oxygen atoms in total. The predicted octanol–water partition coefficient (Wildman–Crippen LogP) is 3.21. The van der Waals surface area contributed by atoms with Crippen molar-refractivity contribution in [1.29, 1.82) is 0 Å². The molecule has 2 aliphatic rings. The molecule has 1 atom stereocenters. The van der Waals surface area contributed by atoms with Gasteiger partial charge in [0.15, 0.2) is 11.5 Å². The summed E-state index contributed by atoms with van der Waals surface area (Å²) in [6.45, 7) is 0.188. The predicted molar refractivity (Wildman–Crippen MR) is 95.3 cm³/mol. The fourth-order valence-electron chi connectivity index (χ4n) is 3.67. The van der Waals surface area contributed by atoms with Crippen LogP contribution < -0.4 is 10.5 Å². The number of aliphatic imine (C=N–C) groups is 1. The molecule has 0 spiro atoms. The number of rotatable bonds is 5. The Morgan fingerprint density at radius 1 is 1.38 bits per heavy atom. The smallest absolute Gasteiger partial charge is 0.260 e. The number of hydrogen-bond acceptors (Lipinski definition) is 4. The molecular formula is C18H24ClN3O2. The first-order valence-electron chi connectivity index (χ1n) is 8.52. The van der Waals surface area contributed by atoms with Gasteiger partial charge in [0.25, 0.3) is 5.91 Å². The van der Waals surface area contributed by atoms with Crippen molar-refractivity contribution in [1.82, 2.24) is 4.90 Å². The molecule has 6 heteroatoms. The Balaban J connectivity index is 1.78. The standard InChI is InChI=1S/C18H24ClN3O2/c1-22-16(23)18(21-17(22)20,11-13-6-3-2-4-7-13)12-24-15-9-5-8-14(19)10-15/h5,8-10,13H,2-4,6-7,11-12H2,1H3,(H2,20,21). The van der Waals surface area contributed by atoms with Gasteiger partial charge in [-0.3, -0.25) is 9.69 Å². The van der Waals surface area contributed by atoms with Gasteiger partial charge in [-0.15, -0.1) is 0 Å². The second-order valence-electron chi connectivity index (χ2n) is 6.82. The molecule has 3 rings (SSSR count). The van der Waals surface area contributed by atoms with E-state index in [2.05, 4.69) is 4.99 Å². The summed E-state index contributed by atoms with van der Waals surface area (Å²) in [6, 6.07) is 7.19. The molecule has 1 heterocycles. The molecule has 1 aromatic rings. The van der Waals surface area contributed by atoms with Gasteiger partial charge in [0.2, 0.25) is 0 Å². The zero-order valence-electron chi connectivity index (χ0n) is 14.0. The summed E-state index contributed by atoms with van der Waals surface area (Å²) in [5.41, 5.74) is 5.01. The van der Waals surface area contributed by atoms with E-state index in [1.54, 1.807) is 19.2 Å². The topological polar surface area (TPSA) is 67.9 Å². The summed E-state index contributed by atoms with van der Waals surface area (Å²) in [7, 11) is 1.67. The summed E-state index contributed by atoms with van der Waals surface area (Å²) < 4.78 is 5.89. The van der Waals surface area contributed by atoms with E-state index in [1.807, 2.05) is 12.1 Å². The number of carbonyl (C=O) groups is 1. The van der Waals surface area contributed by atoms with E-state index in [1.165, 1.54) is 24.2 Å². The van der Waals surface area contributed by atoms with Gasteiger partial charge in [0, 0.05) is 12.1 Å². The third-order valence-corrected chi connectivity index (χ3v) is 5.23. The minimum atomic E-state index is -0.914. The molecule has 1 aliphatic carbocycles. The van der Waals surface area contributed by atoms with Gasteiger partial charge >= 0.3 is 0 Å². The number of benzene rings is 1. The van der Waals surface area contributed by atoms with Crippen LogP contribution in [0.25, 0.3) is 0 Å². The first-order valence-corrected chi connectivity index (χ1v) is 8.90. The third-order valence-electron chi connectivity index (χ3n) is 5.00. The van der Waals surface area contributed by atoms with E-state index in [-0.39, 0.29) is 18.5 Å². The van der Waals surface area contributed by atoms with Crippen LogP contribution >= 0.6 is 11.6 Å². The molecule has 1 fully saturated rings. The number of halogens is 1. The molecule has 0 saturated heterocycles. The lowest BCUT2D eigenvalue weighted by atomic mass is 9.79. The molecular weight excluding hydrogens is 326 g/mol. The Hall–Kier alpha value is -1.75. The first kappa shape index (κ1) is 17.1. The van der Waals surface area contributed by atoms with E-state index in [0.29, 0.717) is 23.1 Å². The fourth-order valence-corrected chi connectivity index (χ4v) is 3.85. The van der Waals surface area contributed by atoms with Gasteiger partial charge in [0.1, 0.15) is 12.4 Å². The molecule has 130 valence electrons. The Bertz CT molecular complexity index is 643. The molecule has 1 amide bonds. The number of guanidine groups is 1. The average molecular weight is 350 g/mol. The maximum absolute atomic E-state index is 12.8. The van der Waals surface area contributed by atoms with Crippen molar-refractivity contribution < 1.29 is 9.53 Å². The van der Waals surface area contributed by atoms with Gasteiger partial charge in [0.05, 0.1) is 0 Å². The van der Waals surface area contributed by atoms with E-state index in [9.17, 15) is 4.79 Å². The summed E-state index contributed by atoms with van der Waals surface area (Å²) in [5.74, 6) is 1.33. The Morgan fingerprint density at radius 2 is 2.12 bits per heavy atom. The normalized spacial score (nSPS) is 25.0. The quantitative estimate of drug-likeness (QED) is 0.887. The highest BCUT2D eigenvalue weighted by Crippen LogP contribution is 2.36. The van der Waals surface area contributed by atoms with Gasteiger partial charge in [-0.05, 0) is 30.5 Å². The van der Waals surface area contributed by atoms with Crippen molar-refractivity contribution in [3.63, 3.8) is 0 Å².